The molecule has 1 aromatic heterocycles. The van der Waals surface area contributed by atoms with E-state index < -0.39 is 0 Å². The Kier molecular flexibility index (Phi) is 5.32. The van der Waals surface area contributed by atoms with E-state index in [2.05, 4.69) is 65.2 Å². The van der Waals surface area contributed by atoms with Crippen LogP contribution in [-0.4, -0.2) is 11.5 Å². The van der Waals surface area contributed by atoms with Crippen molar-refractivity contribution in [1.82, 2.24) is 10.3 Å². The highest BCUT2D eigenvalue weighted by Crippen LogP contribution is 2.27. The van der Waals surface area contributed by atoms with Crippen molar-refractivity contribution in [3.8, 4) is 0 Å². The van der Waals surface area contributed by atoms with Crippen LogP contribution in [0.25, 0.3) is 0 Å². The number of rotatable bonds is 5. The van der Waals surface area contributed by atoms with Crippen molar-refractivity contribution in [2.45, 2.75) is 33.2 Å². The van der Waals surface area contributed by atoms with Crippen molar-refractivity contribution in [1.29, 1.82) is 0 Å². The third-order valence-electron chi connectivity index (χ3n) is 3.24. The topological polar surface area (TPSA) is 24.9 Å². The van der Waals surface area contributed by atoms with Gasteiger partial charge in [-0.25, -0.2) is 0 Å². The second-order valence-electron chi connectivity index (χ2n) is 5.18. The Hall–Kier alpha value is -1.19. The van der Waals surface area contributed by atoms with Gasteiger partial charge in [0.15, 0.2) is 0 Å². The summed E-state index contributed by atoms with van der Waals surface area (Å²) in [7, 11) is 0. The molecule has 106 valence electrons. The van der Waals surface area contributed by atoms with E-state index in [1.807, 2.05) is 18.3 Å². The largest absolute Gasteiger partial charge is 0.305 e. The fourth-order valence-corrected chi connectivity index (χ4v) is 2.93. The number of nitrogens with one attached hydrogen (secondary N) is 1. The van der Waals surface area contributed by atoms with Crippen LogP contribution in [0.1, 0.15) is 41.8 Å². The second-order valence-corrected chi connectivity index (χ2v) is 6.03. The Balaban J connectivity index is 2.44. The standard InChI is InChI=1S/C17H21BrN2/c1-4-7-19-16(17-15(18)6-5-8-20-17)14-10-12(2)9-13(3)11-14/h5-6,8-11,16,19H,4,7H2,1-3H3. The summed E-state index contributed by atoms with van der Waals surface area (Å²) in [6.45, 7) is 7.43. The van der Waals surface area contributed by atoms with Gasteiger partial charge in [-0.2, -0.15) is 0 Å². The Labute approximate surface area is 129 Å². The molecular formula is C17H21BrN2. The molecule has 0 saturated heterocycles. The molecule has 2 aromatic rings. The Morgan fingerprint density at radius 1 is 1.20 bits per heavy atom. The summed E-state index contributed by atoms with van der Waals surface area (Å²) in [6.07, 6.45) is 2.95. The predicted octanol–water partition coefficient (Wildman–Crippen LogP) is 4.55. The third-order valence-corrected chi connectivity index (χ3v) is 3.91. The van der Waals surface area contributed by atoms with E-state index in [1.165, 1.54) is 16.7 Å². The van der Waals surface area contributed by atoms with Crippen LogP contribution in [0.2, 0.25) is 0 Å². The molecule has 2 nitrogen and oxygen atoms in total. The highest BCUT2D eigenvalue weighted by molar-refractivity contribution is 9.10. The summed E-state index contributed by atoms with van der Waals surface area (Å²) in [4.78, 5) is 4.56. The molecule has 3 heteroatoms. The number of nitrogens with zero attached hydrogens (tertiary/aromatic N) is 1. The summed E-state index contributed by atoms with van der Waals surface area (Å²) in [5.74, 6) is 0. The lowest BCUT2D eigenvalue weighted by atomic mass is 9.98. The molecule has 1 heterocycles. The second kappa shape index (κ2) is 7.00. The molecule has 1 unspecified atom stereocenters. The van der Waals surface area contributed by atoms with Gasteiger partial charge in [0.25, 0.3) is 0 Å². The molecule has 1 aromatic carbocycles. The van der Waals surface area contributed by atoms with E-state index >= 15 is 0 Å². The van der Waals surface area contributed by atoms with E-state index in [0.717, 1.165) is 23.1 Å². The number of benzene rings is 1. The number of aromatic nitrogens is 1. The molecule has 0 aliphatic carbocycles. The fourth-order valence-electron chi connectivity index (χ4n) is 2.45. The lowest BCUT2D eigenvalue weighted by Crippen LogP contribution is -2.24. The van der Waals surface area contributed by atoms with Crippen LogP contribution in [0.3, 0.4) is 0 Å². The van der Waals surface area contributed by atoms with Crippen LogP contribution in [0.4, 0.5) is 0 Å². The van der Waals surface area contributed by atoms with Crippen LogP contribution >= 0.6 is 15.9 Å². The highest BCUT2D eigenvalue weighted by atomic mass is 79.9. The Morgan fingerprint density at radius 2 is 1.90 bits per heavy atom. The highest BCUT2D eigenvalue weighted by Gasteiger charge is 2.17. The van der Waals surface area contributed by atoms with E-state index in [4.69, 9.17) is 0 Å². The van der Waals surface area contributed by atoms with Gasteiger partial charge in [-0.05, 0) is 60.4 Å². The SMILES string of the molecule is CCCNC(c1cc(C)cc(C)c1)c1ncccc1Br. The molecule has 0 radical (unpaired) electrons. The van der Waals surface area contributed by atoms with Gasteiger partial charge in [0, 0.05) is 10.7 Å². The Bertz CT molecular complexity index is 561. The number of hydrogen-bond donors (Lipinski definition) is 1. The van der Waals surface area contributed by atoms with Gasteiger partial charge in [0.2, 0.25) is 0 Å². The van der Waals surface area contributed by atoms with Crippen molar-refractivity contribution in [2.24, 2.45) is 0 Å². The van der Waals surface area contributed by atoms with Crippen molar-refractivity contribution in [2.75, 3.05) is 6.54 Å². The normalized spacial score (nSPS) is 12.4. The van der Waals surface area contributed by atoms with Gasteiger partial charge in [-0.15, -0.1) is 0 Å². The van der Waals surface area contributed by atoms with Gasteiger partial charge in [0.1, 0.15) is 0 Å². The van der Waals surface area contributed by atoms with E-state index in [1.54, 1.807) is 0 Å². The summed E-state index contributed by atoms with van der Waals surface area (Å²) >= 11 is 3.62. The molecule has 1 N–H and O–H groups in total. The molecule has 0 fully saturated rings. The first kappa shape index (κ1) is 15.2. The van der Waals surface area contributed by atoms with Crippen LogP contribution in [0.5, 0.6) is 0 Å². The number of pyridine rings is 1. The maximum atomic E-state index is 4.56. The van der Waals surface area contributed by atoms with Crippen molar-refractivity contribution < 1.29 is 0 Å². The Morgan fingerprint density at radius 3 is 2.50 bits per heavy atom. The molecule has 20 heavy (non-hydrogen) atoms. The quantitative estimate of drug-likeness (QED) is 0.868. The minimum absolute atomic E-state index is 0.129. The average molecular weight is 333 g/mol. The summed E-state index contributed by atoms with van der Waals surface area (Å²) in [5, 5.41) is 3.60. The molecule has 0 amide bonds. The van der Waals surface area contributed by atoms with Crippen LogP contribution in [-0.2, 0) is 0 Å². The molecule has 0 aliphatic heterocycles. The number of aryl methyl sites for hydroxylation is 2. The fraction of sp³-hybridized carbons (Fsp3) is 0.353. The summed E-state index contributed by atoms with van der Waals surface area (Å²) < 4.78 is 1.05. The molecule has 2 rings (SSSR count). The maximum absolute atomic E-state index is 4.56. The van der Waals surface area contributed by atoms with Gasteiger partial charge >= 0.3 is 0 Å². The van der Waals surface area contributed by atoms with E-state index in [-0.39, 0.29) is 6.04 Å². The molecule has 0 bridgehead atoms. The molecular weight excluding hydrogens is 312 g/mol. The summed E-state index contributed by atoms with van der Waals surface area (Å²) in [6, 6.07) is 10.8. The van der Waals surface area contributed by atoms with Crippen LogP contribution in [0, 0.1) is 13.8 Å². The van der Waals surface area contributed by atoms with Gasteiger partial charge < -0.3 is 5.32 Å². The minimum Gasteiger partial charge on any atom is -0.305 e. The number of halogens is 1. The van der Waals surface area contributed by atoms with Crippen molar-refractivity contribution in [3.05, 3.63) is 63.4 Å². The van der Waals surface area contributed by atoms with Gasteiger partial charge in [0.05, 0.1) is 11.7 Å². The van der Waals surface area contributed by atoms with E-state index in [9.17, 15) is 0 Å². The molecule has 0 aliphatic rings. The molecule has 0 spiro atoms. The van der Waals surface area contributed by atoms with Crippen molar-refractivity contribution >= 4 is 15.9 Å². The zero-order valence-corrected chi connectivity index (χ0v) is 13.9. The van der Waals surface area contributed by atoms with Crippen molar-refractivity contribution in [3.63, 3.8) is 0 Å². The lowest BCUT2D eigenvalue weighted by Gasteiger charge is -2.20. The predicted molar refractivity (Wildman–Crippen MR) is 88.0 cm³/mol. The first-order valence-corrected chi connectivity index (χ1v) is 7.83. The van der Waals surface area contributed by atoms with Crippen LogP contribution in [0.15, 0.2) is 41.0 Å². The lowest BCUT2D eigenvalue weighted by molar-refractivity contribution is 0.584. The molecule has 0 saturated carbocycles. The zero-order chi connectivity index (χ0) is 14.5. The average Bonchev–Trinajstić information content (AvgIpc) is 2.40. The monoisotopic (exact) mass is 332 g/mol. The van der Waals surface area contributed by atoms with Crippen LogP contribution < -0.4 is 5.32 Å². The van der Waals surface area contributed by atoms with Gasteiger partial charge in [-0.3, -0.25) is 4.98 Å². The van der Waals surface area contributed by atoms with Gasteiger partial charge in [-0.1, -0.05) is 36.2 Å². The summed E-state index contributed by atoms with van der Waals surface area (Å²) in [5.41, 5.74) is 4.90. The first-order chi connectivity index (χ1) is 9.61. The molecule has 1 atom stereocenters. The minimum atomic E-state index is 0.129. The smallest absolute Gasteiger partial charge is 0.0763 e. The van der Waals surface area contributed by atoms with E-state index in [0.29, 0.717) is 0 Å². The zero-order valence-electron chi connectivity index (χ0n) is 12.3. The third kappa shape index (κ3) is 3.68. The first-order valence-electron chi connectivity index (χ1n) is 7.03. The number of hydrogen-bond acceptors (Lipinski definition) is 2. The maximum Gasteiger partial charge on any atom is 0.0763 e.